The van der Waals surface area contributed by atoms with Gasteiger partial charge >= 0.3 is 0 Å². The lowest BCUT2D eigenvalue weighted by atomic mass is 9.74. The van der Waals surface area contributed by atoms with Crippen LogP contribution in [0.2, 0.25) is 0 Å². The molecule has 0 saturated heterocycles. The molecule has 2 bridgehead atoms. The minimum absolute atomic E-state index is 0.103. The van der Waals surface area contributed by atoms with Crippen LogP contribution in [-0.4, -0.2) is 23.8 Å². The first-order chi connectivity index (χ1) is 10.9. The van der Waals surface area contributed by atoms with E-state index in [1.54, 1.807) is 0 Å². The van der Waals surface area contributed by atoms with Gasteiger partial charge in [0.2, 0.25) is 0 Å². The molecule has 2 aliphatic carbocycles. The summed E-state index contributed by atoms with van der Waals surface area (Å²) in [5.41, 5.74) is 1.43. The molecule has 0 spiro atoms. The Hall–Kier alpha value is -0.860. The van der Waals surface area contributed by atoms with Gasteiger partial charge in [-0.25, -0.2) is 0 Å². The van der Waals surface area contributed by atoms with E-state index in [2.05, 4.69) is 56.4 Å². The van der Waals surface area contributed by atoms with E-state index in [1.807, 2.05) is 0 Å². The largest absolute Gasteiger partial charge is 0.391 e. The van der Waals surface area contributed by atoms with Gasteiger partial charge in [-0.3, -0.25) is 0 Å². The van der Waals surface area contributed by atoms with Crippen molar-refractivity contribution < 1.29 is 5.11 Å². The molecule has 3 unspecified atom stereocenters. The zero-order valence-electron chi connectivity index (χ0n) is 15.0. The Morgan fingerprint density at radius 1 is 1.13 bits per heavy atom. The molecule has 2 saturated carbocycles. The highest BCUT2D eigenvalue weighted by atomic mass is 16.3. The van der Waals surface area contributed by atoms with Crippen LogP contribution in [0.1, 0.15) is 52.0 Å². The van der Waals surface area contributed by atoms with E-state index in [1.165, 1.54) is 31.2 Å². The molecule has 5 atom stereocenters. The maximum Gasteiger partial charge on any atom is 0.0700 e. The fourth-order valence-corrected chi connectivity index (χ4v) is 4.80. The second-order valence-electron chi connectivity index (χ2n) is 8.92. The molecule has 2 heteroatoms. The van der Waals surface area contributed by atoms with Gasteiger partial charge in [0.1, 0.15) is 0 Å². The van der Waals surface area contributed by atoms with E-state index < -0.39 is 0 Å². The molecule has 1 aromatic carbocycles. The van der Waals surface area contributed by atoms with Crippen LogP contribution in [0.15, 0.2) is 30.3 Å². The van der Waals surface area contributed by atoms with E-state index in [0.29, 0.717) is 6.04 Å². The molecule has 1 aromatic rings. The second-order valence-corrected chi connectivity index (χ2v) is 8.92. The molecular formula is C21H33NO. The predicted octanol–water partition coefficient (Wildman–Crippen LogP) is 4.03. The summed E-state index contributed by atoms with van der Waals surface area (Å²) in [5, 5.41) is 14.6. The van der Waals surface area contributed by atoms with Crippen LogP contribution >= 0.6 is 0 Å². The van der Waals surface area contributed by atoms with Gasteiger partial charge in [-0.2, -0.15) is 0 Å². The third kappa shape index (κ3) is 4.16. The summed E-state index contributed by atoms with van der Waals surface area (Å²) in [5.74, 6) is 2.10. The summed E-state index contributed by atoms with van der Waals surface area (Å²) >= 11 is 0. The molecule has 128 valence electrons. The van der Waals surface area contributed by atoms with Crippen LogP contribution in [0, 0.1) is 23.2 Å². The number of benzene rings is 1. The highest BCUT2D eigenvalue weighted by molar-refractivity contribution is 5.16. The highest BCUT2D eigenvalue weighted by Gasteiger charge is 2.40. The fourth-order valence-electron chi connectivity index (χ4n) is 4.80. The van der Waals surface area contributed by atoms with Crippen molar-refractivity contribution >= 4 is 0 Å². The average Bonchev–Trinajstić information content (AvgIpc) is 3.13. The molecule has 0 aliphatic heterocycles. The second kappa shape index (κ2) is 6.94. The van der Waals surface area contributed by atoms with E-state index in [4.69, 9.17) is 0 Å². The molecule has 0 amide bonds. The van der Waals surface area contributed by atoms with Gasteiger partial charge in [0.05, 0.1) is 6.10 Å². The maximum atomic E-state index is 10.9. The van der Waals surface area contributed by atoms with Crippen LogP contribution in [0.3, 0.4) is 0 Å². The minimum atomic E-state index is -0.283. The van der Waals surface area contributed by atoms with Gasteiger partial charge in [-0.1, -0.05) is 57.5 Å². The number of hydrogen-bond donors (Lipinski definition) is 2. The van der Waals surface area contributed by atoms with Crippen LogP contribution in [0.5, 0.6) is 0 Å². The van der Waals surface area contributed by atoms with Crippen LogP contribution in [0.25, 0.3) is 0 Å². The van der Waals surface area contributed by atoms with E-state index in [9.17, 15) is 5.11 Å². The SMILES string of the molecule is CC(C)(C)C(Cc1ccccc1)[C@@H](O)CNC1CC2CC[C@H]1C2. The van der Waals surface area contributed by atoms with Crippen molar-refractivity contribution in [1.29, 1.82) is 0 Å². The Labute approximate surface area is 141 Å². The number of aliphatic hydroxyl groups excluding tert-OH is 1. The Kier molecular flexibility index (Phi) is 5.13. The van der Waals surface area contributed by atoms with Gasteiger partial charge in [0.15, 0.2) is 0 Å². The van der Waals surface area contributed by atoms with Gasteiger partial charge < -0.3 is 10.4 Å². The normalized spacial score (nSPS) is 29.7. The van der Waals surface area contributed by atoms with E-state index in [0.717, 1.165) is 24.8 Å². The summed E-state index contributed by atoms with van der Waals surface area (Å²) in [6, 6.07) is 11.2. The fraction of sp³-hybridized carbons (Fsp3) is 0.714. The molecule has 3 rings (SSSR count). The van der Waals surface area contributed by atoms with Crippen molar-refractivity contribution in [3.05, 3.63) is 35.9 Å². The first-order valence-electron chi connectivity index (χ1n) is 9.39. The van der Waals surface area contributed by atoms with E-state index >= 15 is 0 Å². The number of fused-ring (bicyclic) bond motifs is 2. The molecule has 23 heavy (non-hydrogen) atoms. The molecule has 0 radical (unpaired) electrons. The van der Waals surface area contributed by atoms with Crippen molar-refractivity contribution in [2.75, 3.05) is 6.54 Å². The molecule has 0 heterocycles. The molecule has 0 aromatic heterocycles. The summed E-state index contributed by atoms with van der Waals surface area (Å²) in [6.45, 7) is 7.49. The first-order valence-corrected chi connectivity index (χ1v) is 9.39. The van der Waals surface area contributed by atoms with Gasteiger partial charge in [-0.15, -0.1) is 0 Å². The smallest absolute Gasteiger partial charge is 0.0700 e. The van der Waals surface area contributed by atoms with Crippen LogP contribution < -0.4 is 5.32 Å². The highest BCUT2D eigenvalue weighted by Crippen LogP contribution is 2.44. The summed E-state index contributed by atoms with van der Waals surface area (Å²) < 4.78 is 0. The molecule has 2 fully saturated rings. The molecule has 2 aliphatic rings. The van der Waals surface area contributed by atoms with Crippen molar-refractivity contribution in [2.24, 2.45) is 23.2 Å². The minimum Gasteiger partial charge on any atom is -0.391 e. The van der Waals surface area contributed by atoms with Crippen LogP contribution in [0.4, 0.5) is 0 Å². The quantitative estimate of drug-likeness (QED) is 0.830. The number of aliphatic hydroxyl groups is 1. The summed E-state index contributed by atoms with van der Waals surface area (Å²) in [6.07, 6.45) is 6.24. The Morgan fingerprint density at radius 2 is 1.87 bits per heavy atom. The Bertz CT molecular complexity index is 492. The van der Waals surface area contributed by atoms with Gasteiger partial charge in [0.25, 0.3) is 0 Å². The van der Waals surface area contributed by atoms with Crippen LogP contribution in [-0.2, 0) is 6.42 Å². The van der Waals surface area contributed by atoms with Crippen molar-refractivity contribution in [3.63, 3.8) is 0 Å². The standard InChI is InChI=1S/C21H33NO/c1-21(2,3)18(12-15-7-5-4-6-8-15)20(23)14-22-19-13-16-9-10-17(19)11-16/h4-8,16-20,22-23H,9-14H2,1-3H3/t16?,17-,18?,19?,20-/m0/s1. The van der Waals surface area contributed by atoms with Crippen molar-refractivity contribution in [3.8, 4) is 0 Å². The Balaban J connectivity index is 1.58. The topological polar surface area (TPSA) is 32.3 Å². The van der Waals surface area contributed by atoms with Gasteiger partial charge in [0, 0.05) is 12.6 Å². The lowest BCUT2D eigenvalue weighted by Gasteiger charge is -2.36. The lowest BCUT2D eigenvalue weighted by molar-refractivity contribution is 0.0394. The zero-order valence-corrected chi connectivity index (χ0v) is 15.0. The predicted molar refractivity (Wildman–Crippen MR) is 96.3 cm³/mol. The molecule has 2 N–H and O–H groups in total. The summed E-state index contributed by atoms with van der Waals surface area (Å²) in [7, 11) is 0. The summed E-state index contributed by atoms with van der Waals surface area (Å²) in [4.78, 5) is 0. The van der Waals surface area contributed by atoms with Gasteiger partial charge in [-0.05, 0) is 54.4 Å². The molecule has 2 nitrogen and oxygen atoms in total. The Morgan fingerprint density at radius 3 is 2.43 bits per heavy atom. The van der Waals surface area contributed by atoms with Crippen molar-refractivity contribution in [1.82, 2.24) is 5.32 Å². The number of rotatable bonds is 6. The maximum absolute atomic E-state index is 10.9. The third-order valence-electron chi connectivity index (χ3n) is 6.20. The third-order valence-corrected chi connectivity index (χ3v) is 6.20. The molecular weight excluding hydrogens is 282 g/mol. The van der Waals surface area contributed by atoms with Crippen molar-refractivity contribution in [2.45, 2.75) is 65.0 Å². The average molecular weight is 316 g/mol. The zero-order chi connectivity index (χ0) is 16.4. The monoisotopic (exact) mass is 315 g/mol. The number of hydrogen-bond acceptors (Lipinski definition) is 2. The van der Waals surface area contributed by atoms with E-state index in [-0.39, 0.29) is 17.4 Å². The first kappa shape index (κ1) is 17.0. The number of nitrogens with one attached hydrogen (secondary N) is 1. The lowest BCUT2D eigenvalue weighted by Crippen LogP contribution is -2.44.